The molecule has 2 fully saturated rings. The predicted octanol–water partition coefficient (Wildman–Crippen LogP) is 1.76. The summed E-state index contributed by atoms with van der Waals surface area (Å²) >= 11 is 1.45. The Kier molecular flexibility index (Phi) is 3.34. The molecule has 2 unspecified atom stereocenters. The molecule has 116 valence electrons. The maximum absolute atomic E-state index is 12.3. The molecule has 4 atom stereocenters. The molecule has 0 spiro atoms. The number of hydrogen-bond acceptors (Lipinski definition) is 4. The lowest BCUT2D eigenvalue weighted by Crippen LogP contribution is -2.71. The number of fused-ring (bicyclic) bond motifs is 1. The topological polar surface area (TPSA) is 83.6 Å². The standard InChI is InChI=1S/C16H18N2O3S/c1-3-15(2)16(14(20)21,18-11(19)9-12(18)22-15)13(17)10-7-5-4-6-8-10/h3-8,12-13H,1,9,17H2,2H3,(H,20,21)/t12-,13?,15?,16+/m1/s1. The molecule has 6 heteroatoms. The second kappa shape index (κ2) is 4.86. The summed E-state index contributed by atoms with van der Waals surface area (Å²) in [6.07, 6.45) is 1.96. The lowest BCUT2D eigenvalue weighted by molar-refractivity contribution is -0.169. The second-order valence-corrected chi connectivity index (χ2v) is 7.44. The lowest BCUT2D eigenvalue weighted by Gasteiger charge is -2.49. The zero-order valence-corrected chi connectivity index (χ0v) is 13.0. The molecule has 0 aromatic heterocycles. The fourth-order valence-electron chi connectivity index (χ4n) is 3.53. The number of thioether (sulfide) groups is 1. The van der Waals surface area contributed by atoms with Crippen LogP contribution in [0.4, 0.5) is 0 Å². The molecule has 1 aromatic rings. The van der Waals surface area contributed by atoms with Gasteiger partial charge in [0.2, 0.25) is 5.91 Å². The molecule has 5 nitrogen and oxygen atoms in total. The number of carbonyl (C=O) groups excluding carboxylic acids is 1. The smallest absolute Gasteiger partial charge is 0.333 e. The Morgan fingerprint density at radius 1 is 1.55 bits per heavy atom. The zero-order valence-electron chi connectivity index (χ0n) is 12.2. The van der Waals surface area contributed by atoms with Crippen LogP contribution in [-0.4, -0.2) is 37.5 Å². The summed E-state index contributed by atoms with van der Waals surface area (Å²) in [4.78, 5) is 25.9. The Morgan fingerprint density at radius 3 is 2.68 bits per heavy atom. The van der Waals surface area contributed by atoms with Crippen LogP contribution in [0, 0.1) is 0 Å². The van der Waals surface area contributed by atoms with E-state index in [1.807, 2.05) is 18.2 Å². The van der Waals surface area contributed by atoms with Gasteiger partial charge in [0, 0.05) is 0 Å². The van der Waals surface area contributed by atoms with Gasteiger partial charge >= 0.3 is 5.97 Å². The van der Waals surface area contributed by atoms with Gasteiger partial charge in [-0.3, -0.25) is 4.79 Å². The molecule has 2 heterocycles. The number of β-lactam (4-membered cyclic amide) rings is 1. The number of carboxylic acids is 1. The number of carbonyl (C=O) groups is 2. The highest BCUT2D eigenvalue weighted by Crippen LogP contribution is 2.60. The molecule has 3 rings (SSSR count). The van der Waals surface area contributed by atoms with Gasteiger partial charge in [-0.2, -0.15) is 0 Å². The summed E-state index contributed by atoms with van der Waals surface area (Å²) in [6.45, 7) is 5.61. The summed E-state index contributed by atoms with van der Waals surface area (Å²) in [7, 11) is 0. The SMILES string of the molecule is C=CC1(C)S[C@@H]2CC(=O)N2[C@]1(C(=O)O)C(N)c1ccccc1. The van der Waals surface area contributed by atoms with E-state index in [1.54, 1.807) is 25.1 Å². The Labute approximate surface area is 133 Å². The maximum atomic E-state index is 12.3. The monoisotopic (exact) mass is 318 g/mol. The minimum atomic E-state index is -1.53. The normalized spacial score (nSPS) is 34.7. The number of aliphatic carboxylic acids is 1. The van der Waals surface area contributed by atoms with Gasteiger partial charge in [-0.25, -0.2) is 4.79 Å². The first-order valence-corrected chi connectivity index (χ1v) is 7.94. The molecule has 1 aromatic carbocycles. The first-order valence-electron chi connectivity index (χ1n) is 7.06. The number of rotatable bonds is 4. The van der Waals surface area contributed by atoms with Gasteiger partial charge in [0.25, 0.3) is 0 Å². The minimum absolute atomic E-state index is 0.152. The molecule has 22 heavy (non-hydrogen) atoms. The number of nitrogens with two attached hydrogens (primary N) is 1. The van der Waals surface area contributed by atoms with Gasteiger partial charge in [-0.1, -0.05) is 36.4 Å². The van der Waals surface area contributed by atoms with Crippen LogP contribution in [-0.2, 0) is 9.59 Å². The number of hydrogen-bond donors (Lipinski definition) is 2. The summed E-state index contributed by atoms with van der Waals surface area (Å²) in [5.41, 5.74) is 5.57. The van der Waals surface area contributed by atoms with Crippen LogP contribution < -0.4 is 5.73 Å². The molecular weight excluding hydrogens is 300 g/mol. The fraction of sp³-hybridized carbons (Fsp3) is 0.375. The van der Waals surface area contributed by atoms with E-state index in [1.165, 1.54) is 16.7 Å². The first-order chi connectivity index (χ1) is 10.4. The predicted molar refractivity (Wildman–Crippen MR) is 85.2 cm³/mol. The second-order valence-electron chi connectivity index (χ2n) is 5.81. The average molecular weight is 318 g/mol. The molecule has 1 amide bonds. The van der Waals surface area contributed by atoms with Crippen molar-refractivity contribution in [2.75, 3.05) is 0 Å². The average Bonchev–Trinajstić information content (AvgIpc) is 2.73. The van der Waals surface area contributed by atoms with Gasteiger partial charge in [0.15, 0.2) is 5.54 Å². The molecular formula is C16H18N2O3S. The van der Waals surface area contributed by atoms with Crippen molar-refractivity contribution >= 4 is 23.6 Å². The van der Waals surface area contributed by atoms with Crippen molar-refractivity contribution in [1.82, 2.24) is 4.90 Å². The summed E-state index contributed by atoms with van der Waals surface area (Å²) < 4.78 is -0.856. The molecule has 0 aliphatic carbocycles. The van der Waals surface area contributed by atoms with Crippen molar-refractivity contribution in [1.29, 1.82) is 0 Å². The third-order valence-corrected chi connectivity index (χ3v) is 6.36. The highest BCUT2D eigenvalue weighted by Gasteiger charge is 2.72. The van der Waals surface area contributed by atoms with Crippen LogP contribution in [0.25, 0.3) is 0 Å². The number of nitrogens with zero attached hydrogens (tertiary/aromatic N) is 1. The third kappa shape index (κ3) is 1.65. The largest absolute Gasteiger partial charge is 0.479 e. The Balaban J connectivity index is 2.20. The molecule has 0 saturated carbocycles. The maximum Gasteiger partial charge on any atom is 0.333 e. The zero-order chi connectivity index (χ0) is 16.1. The highest BCUT2D eigenvalue weighted by atomic mass is 32.2. The third-order valence-electron chi connectivity index (χ3n) is 4.75. The summed E-state index contributed by atoms with van der Waals surface area (Å²) in [5.74, 6) is -1.26. The van der Waals surface area contributed by atoms with E-state index in [-0.39, 0.29) is 11.3 Å². The van der Waals surface area contributed by atoms with E-state index < -0.39 is 22.3 Å². The van der Waals surface area contributed by atoms with Gasteiger partial charge in [0.05, 0.1) is 22.6 Å². The summed E-state index contributed by atoms with van der Waals surface area (Å²) in [5, 5.41) is 9.92. The van der Waals surface area contributed by atoms with Gasteiger partial charge < -0.3 is 15.7 Å². The Morgan fingerprint density at radius 2 is 2.18 bits per heavy atom. The summed E-state index contributed by atoms with van der Waals surface area (Å²) in [6, 6.07) is 8.22. The molecule has 2 aliphatic heterocycles. The van der Waals surface area contributed by atoms with E-state index in [2.05, 4.69) is 6.58 Å². The van der Waals surface area contributed by atoms with Crippen molar-refractivity contribution < 1.29 is 14.7 Å². The van der Waals surface area contributed by atoms with E-state index in [4.69, 9.17) is 5.73 Å². The molecule has 2 saturated heterocycles. The molecule has 2 aliphatic rings. The molecule has 3 N–H and O–H groups in total. The van der Waals surface area contributed by atoms with Crippen LogP contribution in [0.3, 0.4) is 0 Å². The number of benzene rings is 1. The van der Waals surface area contributed by atoms with Crippen LogP contribution in [0.5, 0.6) is 0 Å². The lowest BCUT2D eigenvalue weighted by atomic mass is 9.73. The Bertz CT molecular complexity index is 650. The minimum Gasteiger partial charge on any atom is -0.479 e. The van der Waals surface area contributed by atoms with Crippen LogP contribution >= 0.6 is 11.8 Å². The van der Waals surface area contributed by atoms with E-state index in [0.29, 0.717) is 12.0 Å². The van der Waals surface area contributed by atoms with Gasteiger partial charge in [-0.05, 0) is 12.5 Å². The number of carboxylic acid groups (broad SMARTS) is 1. The van der Waals surface area contributed by atoms with Crippen LogP contribution in [0.15, 0.2) is 43.0 Å². The first kappa shape index (κ1) is 15.1. The van der Waals surface area contributed by atoms with Crippen molar-refractivity contribution in [3.8, 4) is 0 Å². The van der Waals surface area contributed by atoms with Crippen LogP contribution in [0.2, 0.25) is 0 Å². The van der Waals surface area contributed by atoms with Crippen molar-refractivity contribution in [2.45, 2.75) is 35.0 Å². The van der Waals surface area contributed by atoms with E-state index >= 15 is 0 Å². The van der Waals surface area contributed by atoms with E-state index in [9.17, 15) is 14.7 Å². The van der Waals surface area contributed by atoms with Crippen molar-refractivity contribution in [3.63, 3.8) is 0 Å². The molecule has 0 radical (unpaired) electrons. The van der Waals surface area contributed by atoms with Crippen LogP contribution in [0.1, 0.15) is 24.9 Å². The quantitative estimate of drug-likeness (QED) is 0.653. The Hall–Kier alpha value is -1.79. The number of amides is 1. The van der Waals surface area contributed by atoms with Gasteiger partial charge in [-0.15, -0.1) is 18.3 Å². The van der Waals surface area contributed by atoms with Crippen molar-refractivity contribution in [2.24, 2.45) is 5.73 Å². The van der Waals surface area contributed by atoms with E-state index in [0.717, 1.165) is 0 Å². The van der Waals surface area contributed by atoms with Crippen molar-refractivity contribution in [3.05, 3.63) is 48.6 Å². The molecule has 0 bridgehead atoms. The van der Waals surface area contributed by atoms with Gasteiger partial charge in [0.1, 0.15) is 0 Å². The highest BCUT2D eigenvalue weighted by molar-refractivity contribution is 8.01. The fourth-order valence-corrected chi connectivity index (χ4v) is 5.30.